The molecule has 1 atom stereocenters. The van der Waals surface area contributed by atoms with E-state index >= 15 is 0 Å². The van der Waals surface area contributed by atoms with Crippen LogP contribution >= 0.6 is 12.2 Å². The van der Waals surface area contributed by atoms with Gasteiger partial charge in [0.2, 0.25) is 0 Å². The molecule has 2 N–H and O–H groups in total. The number of anilines is 1. The highest BCUT2D eigenvalue weighted by Crippen LogP contribution is 2.23. The Balaban J connectivity index is 1.72. The standard InChI is InChI=1S/C21H26N4OS/c1-16-8-6-7-11-19(16)22-21(27)24-23-17(2)20(18-9-4-3-5-10-18)25-12-14-26-15-13-25/h3-11,20H,12-15H2,1-2H3,(H2,22,24,27)/b23-17-/t20-/m0/s1. The minimum atomic E-state index is 0.101. The summed E-state index contributed by atoms with van der Waals surface area (Å²) in [4.78, 5) is 2.40. The van der Waals surface area contributed by atoms with Gasteiger partial charge in [0.1, 0.15) is 0 Å². The SMILES string of the molecule is C/C(=N/NC(=S)Nc1ccccc1C)[C@@H](c1ccccc1)N1CCOCC1. The van der Waals surface area contributed by atoms with Crippen molar-refractivity contribution < 1.29 is 4.74 Å². The first-order valence-corrected chi connectivity index (χ1v) is 9.59. The third kappa shape index (κ3) is 5.35. The number of para-hydroxylation sites is 1. The van der Waals surface area contributed by atoms with Crippen LogP contribution in [0.15, 0.2) is 59.7 Å². The van der Waals surface area contributed by atoms with Crippen LogP contribution in [0.4, 0.5) is 5.69 Å². The molecule has 1 aliphatic rings. The second-order valence-electron chi connectivity index (χ2n) is 6.60. The molecule has 142 valence electrons. The summed E-state index contributed by atoms with van der Waals surface area (Å²) in [7, 11) is 0. The summed E-state index contributed by atoms with van der Waals surface area (Å²) in [6.45, 7) is 7.35. The molecule has 3 rings (SSSR count). The lowest BCUT2D eigenvalue weighted by molar-refractivity contribution is 0.0285. The molecule has 27 heavy (non-hydrogen) atoms. The van der Waals surface area contributed by atoms with Crippen molar-refractivity contribution in [2.24, 2.45) is 5.10 Å². The van der Waals surface area contributed by atoms with Crippen LogP contribution in [0.2, 0.25) is 0 Å². The lowest BCUT2D eigenvalue weighted by Gasteiger charge is -2.34. The van der Waals surface area contributed by atoms with Gasteiger partial charge in [-0.15, -0.1) is 0 Å². The summed E-state index contributed by atoms with van der Waals surface area (Å²) in [5.41, 5.74) is 7.31. The summed E-state index contributed by atoms with van der Waals surface area (Å²) in [6.07, 6.45) is 0. The van der Waals surface area contributed by atoms with E-state index in [0.29, 0.717) is 5.11 Å². The predicted molar refractivity (Wildman–Crippen MR) is 115 cm³/mol. The maximum Gasteiger partial charge on any atom is 0.191 e. The number of hydrazone groups is 1. The molecule has 1 saturated heterocycles. The number of aryl methyl sites for hydroxylation is 1. The van der Waals surface area contributed by atoms with Gasteiger partial charge >= 0.3 is 0 Å². The van der Waals surface area contributed by atoms with Gasteiger partial charge in [-0.05, 0) is 43.3 Å². The monoisotopic (exact) mass is 382 g/mol. The molecule has 1 fully saturated rings. The third-order valence-electron chi connectivity index (χ3n) is 4.65. The second kappa shape index (κ2) is 9.60. The smallest absolute Gasteiger partial charge is 0.191 e. The van der Waals surface area contributed by atoms with Crippen LogP contribution in [-0.2, 0) is 4.74 Å². The van der Waals surface area contributed by atoms with Crippen LogP contribution in [-0.4, -0.2) is 42.0 Å². The Labute approximate surface area is 166 Å². The Hall–Kier alpha value is -2.28. The summed E-state index contributed by atoms with van der Waals surface area (Å²) in [5, 5.41) is 8.27. The van der Waals surface area contributed by atoms with Crippen LogP contribution < -0.4 is 10.7 Å². The molecule has 1 heterocycles. The zero-order valence-electron chi connectivity index (χ0n) is 15.8. The molecule has 2 aromatic rings. The molecule has 5 nitrogen and oxygen atoms in total. The van der Waals surface area contributed by atoms with Gasteiger partial charge in [-0.25, -0.2) is 0 Å². The molecule has 0 radical (unpaired) electrons. The number of ether oxygens (including phenoxy) is 1. The number of hydrogen-bond donors (Lipinski definition) is 2. The largest absolute Gasteiger partial charge is 0.379 e. The molecule has 0 aromatic heterocycles. The quantitative estimate of drug-likeness (QED) is 0.469. The fourth-order valence-electron chi connectivity index (χ4n) is 3.25. The van der Waals surface area contributed by atoms with Gasteiger partial charge in [-0.3, -0.25) is 10.3 Å². The van der Waals surface area contributed by atoms with E-state index in [0.717, 1.165) is 43.3 Å². The topological polar surface area (TPSA) is 48.9 Å². The van der Waals surface area contributed by atoms with E-state index in [1.165, 1.54) is 5.56 Å². The first kappa shape index (κ1) is 19.5. The normalized spacial score (nSPS) is 16.6. The molecular weight excluding hydrogens is 356 g/mol. The molecule has 0 saturated carbocycles. The first-order valence-electron chi connectivity index (χ1n) is 9.18. The van der Waals surface area contributed by atoms with Crippen molar-refractivity contribution in [1.82, 2.24) is 10.3 Å². The lowest BCUT2D eigenvalue weighted by Crippen LogP contribution is -2.42. The van der Waals surface area contributed by atoms with Gasteiger partial charge in [0, 0.05) is 18.8 Å². The van der Waals surface area contributed by atoms with Crippen LogP contribution in [0.1, 0.15) is 24.1 Å². The van der Waals surface area contributed by atoms with Crippen molar-refractivity contribution in [3.63, 3.8) is 0 Å². The van der Waals surface area contributed by atoms with Crippen molar-refractivity contribution in [2.75, 3.05) is 31.6 Å². The number of thiocarbonyl (C=S) groups is 1. The maximum absolute atomic E-state index is 5.51. The maximum atomic E-state index is 5.51. The van der Waals surface area contributed by atoms with Crippen LogP contribution in [0, 0.1) is 6.92 Å². The van der Waals surface area contributed by atoms with Gasteiger partial charge in [-0.2, -0.15) is 5.10 Å². The van der Waals surface area contributed by atoms with E-state index in [2.05, 4.69) is 45.0 Å². The van der Waals surface area contributed by atoms with E-state index in [1.54, 1.807) is 0 Å². The van der Waals surface area contributed by atoms with Crippen molar-refractivity contribution in [2.45, 2.75) is 19.9 Å². The summed E-state index contributed by atoms with van der Waals surface area (Å²) in [6, 6.07) is 18.6. The number of nitrogens with one attached hydrogen (secondary N) is 2. The molecule has 0 bridgehead atoms. The highest BCUT2D eigenvalue weighted by Gasteiger charge is 2.25. The van der Waals surface area contributed by atoms with E-state index in [4.69, 9.17) is 17.0 Å². The second-order valence-corrected chi connectivity index (χ2v) is 7.00. The van der Waals surface area contributed by atoms with Crippen LogP contribution in [0.25, 0.3) is 0 Å². The Morgan fingerprint density at radius 1 is 1.07 bits per heavy atom. The van der Waals surface area contributed by atoms with Gasteiger partial charge in [0.15, 0.2) is 5.11 Å². The Morgan fingerprint density at radius 3 is 2.44 bits per heavy atom. The third-order valence-corrected chi connectivity index (χ3v) is 4.84. The number of nitrogens with zero attached hydrogens (tertiary/aromatic N) is 2. The minimum Gasteiger partial charge on any atom is -0.379 e. The van der Waals surface area contributed by atoms with E-state index < -0.39 is 0 Å². The van der Waals surface area contributed by atoms with E-state index in [9.17, 15) is 0 Å². The highest BCUT2D eigenvalue weighted by atomic mass is 32.1. The number of hydrogen-bond acceptors (Lipinski definition) is 4. The Morgan fingerprint density at radius 2 is 1.74 bits per heavy atom. The van der Waals surface area contributed by atoms with Crippen molar-refractivity contribution in [3.8, 4) is 0 Å². The Kier molecular flexibility index (Phi) is 6.92. The van der Waals surface area contributed by atoms with Gasteiger partial charge in [0.25, 0.3) is 0 Å². The molecule has 0 amide bonds. The van der Waals surface area contributed by atoms with Gasteiger partial charge in [-0.1, -0.05) is 48.5 Å². The summed E-state index contributed by atoms with van der Waals surface area (Å²) >= 11 is 5.41. The van der Waals surface area contributed by atoms with Gasteiger partial charge < -0.3 is 10.1 Å². The number of morpholine rings is 1. The Bertz CT molecular complexity index is 788. The lowest BCUT2D eigenvalue weighted by atomic mass is 10.0. The highest BCUT2D eigenvalue weighted by molar-refractivity contribution is 7.80. The fourth-order valence-corrected chi connectivity index (χ4v) is 3.41. The van der Waals surface area contributed by atoms with Crippen molar-refractivity contribution >= 4 is 28.7 Å². The minimum absolute atomic E-state index is 0.101. The molecule has 0 aliphatic carbocycles. The van der Waals surface area contributed by atoms with Crippen molar-refractivity contribution in [1.29, 1.82) is 0 Å². The average molecular weight is 383 g/mol. The summed E-state index contributed by atoms with van der Waals surface area (Å²) < 4.78 is 5.51. The molecule has 0 spiro atoms. The molecular formula is C21H26N4OS. The number of rotatable bonds is 5. The predicted octanol–water partition coefficient (Wildman–Crippen LogP) is 3.73. The van der Waals surface area contributed by atoms with Crippen LogP contribution in [0.3, 0.4) is 0 Å². The molecule has 0 unspecified atom stereocenters. The molecule has 1 aliphatic heterocycles. The fraction of sp³-hybridized carbons (Fsp3) is 0.333. The van der Waals surface area contributed by atoms with Crippen LogP contribution in [0.5, 0.6) is 0 Å². The average Bonchev–Trinajstić information content (AvgIpc) is 2.70. The zero-order valence-corrected chi connectivity index (χ0v) is 16.6. The molecule has 2 aromatic carbocycles. The molecule has 6 heteroatoms. The van der Waals surface area contributed by atoms with E-state index in [1.807, 2.05) is 44.2 Å². The van der Waals surface area contributed by atoms with Crippen molar-refractivity contribution in [3.05, 3.63) is 65.7 Å². The zero-order chi connectivity index (χ0) is 19.1. The summed E-state index contributed by atoms with van der Waals surface area (Å²) in [5.74, 6) is 0. The number of benzene rings is 2. The van der Waals surface area contributed by atoms with Gasteiger partial charge in [0.05, 0.1) is 25.0 Å². The van der Waals surface area contributed by atoms with E-state index in [-0.39, 0.29) is 6.04 Å². The first-order chi connectivity index (χ1) is 13.1.